The first-order valence-corrected chi connectivity index (χ1v) is 5.97. The number of oxazole rings is 1. The number of anilines is 1. The second-order valence-corrected chi connectivity index (χ2v) is 4.43. The minimum absolute atomic E-state index is 0.187. The maximum atomic E-state index is 11.9. The fraction of sp³-hybridized carbons (Fsp3) is 0.250. The van der Waals surface area contributed by atoms with Gasteiger partial charge in [-0.2, -0.15) is 0 Å². The zero-order valence-electron chi connectivity index (χ0n) is 10.5. The smallest absolute Gasteiger partial charge is 0.253 e. The molecular formula is C12H13ClN4O2. The van der Waals surface area contributed by atoms with Crippen LogP contribution in [-0.2, 0) is 6.54 Å². The van der Waals surface area contributed by atoms with E-state index in [0.29, 0.717) is 5.89 Å². The maximum Gasteiger partial charge on any atom is 0.253 e. The minimum atomic E-state index is -0.354. The Hall–Kier alpha value is -2.08. The average Bonchev–Trinajstić information content (AvgIpc) is 2.69. The van der Waals surface area contributed by atoms with E-state index in [4.69, 9.17) is 21.8 Å². The number of nitrogen functional groups attached to an aromatic ring is 1. The average molecular weight is 281 g/mol. The Morgan fingerprint density at radius 1 is 1.53 bits per heavy atom. The van der Waals surface area contributed by atoms with Crippen LogP contribution in [0.15, 0.2) is 16.7 Å². The van der Waals surface area contributed by atoms with E-state index in [-0.39, 0.29) is 28.9 Å². The van der Waals surface area contributed by atoms with E-state index in [1.165, 1.54) is 12.3 Å². The molecule has 0 saturated heterocycles. The lowest BCUT2D eigenvalue weighted by atomic mass is 10.2. The molecule has 0 aliphatic rings. The molecule has 0 fully saturated rings. The van der Waals surface area contributed by atoms with Crippen LogP contribution in [0.2, 0.25) is 5.02 Å². The van der Waals surface area contributed by atoms with Gasteiger partial charge in [-0.15, -0.1) is 0 Å². The Morgan fingerprint density at radius 3 is 2.89 bits per heavy atom. The zero-order chi connectivity index (χ0) is 14.0. The Bertz CT molecular complexity index is 605. The Labute approximate surface area is 115 Å². The molecule has 0 unspecified atom stereocenters. The molecular weight excluding hydrogens is 268 g/mol. The van der Waals surface area contributed by atoms with E-state index in [1.54, 1.807) is 0 Å². The SMILES string of the molecule is Cc1nc(CNC(=O)c2cc(N)ncc2Cl)oc1C. The standard InChI is InChI=1S/C12H13ClN4O2/c1-6-7(2)19-11(17-6)5-16-12(18)8-3-10(14)15-4-9(8)13/h3-4H,5H2,1-2H3,(H2,14,15)(H,16,18). The van der Waals surface area contributed by atoms with Crippen molar-refractivity contribution in [2.75, 3.05) is 5.73 Å². The summed E-state index contributed by atoms with van der Waals surface area (Å²) in [7, 11) is 0. The summed E-state index contributed by atoms with van der Waals surface area (Å²) in [4.78, 5) is 19.9. The predicted molar refractivity (Wildman–Crippen MR) is 70.8 cm³/mol. The highest BCUT2D eigenvalue weighted by atomic mass is 35.5. The number of rotatable bonds is 3. The van der Waals surface area contributed by atoms with Gasteiger partial charge in [-0.1, -0.05) is 11.6 Å². The Balaban J connectivity index is 2.07. The third-order valence-electron chi connectivity index (χ3n) is 2.59. The van der Waals surface area contributed by atoms with E-state index in [9.17, 15) is 4.79 Å². The first kappa shape index (κ1) is 13.4. The summed E-state index contributed by atoms with van der Waals surface area (Å²) in [5.41, 5.74) is 6.59. The molecule has 100 valence electrons. The number of halogens is 1. The van der Waals surface area contributed by atoms with Crippen LogP contribution in [0.5, 0.6) is 0 Å². The van der Waals surface area contributed by atoms with Crippen molar-refractivity contribution < 1.29 is 9.21 Å². The summed E-state index contributed by atoms with van der Waals surface area (Å²) in [5.74, 6) is 1.06. The molecule has 3 N–H and O–H groups in total. The number of nitrogens with zero attached hydrogens (tertiary/aromatic N) is 2. The summed E-state index contributed by atoms with van der Waals surface area (Å²) in [6.07, 6.45) is 1.34. The van der Waals surface area contributed by atoms with Gasteiger partial charge in [0.1, 0.15) is 11.6 Å². The number of nitrogens with two attached hydrogens (primary N) is 1. The van der Waals surface area contributed by atoms with Gasteiger partial charge in [0.15, 0.2) is 0 Å². The second kappa shape index (κ2) is 5.27. The number of nitrogens with one attached hydrogen (secondary N) is 1. The summed E-state index contributed by atoms with van der Waals surface area (Å²) in [6, 6.07) is 1.42. The summed E-state index contributed by atoms with van der Waals surface area (Å²) in [5, 5.41) is 2.90. The van der Waals surface area contributed by atoms with Crippen molar-refractivity contribution >= 4 is 23.3 Å². The first-order chi connectivity index (χ1) is 8.97. The van der Waals surface area contributed by atoms with Gasteiger partial charge in [0.05, 0.1) is 22.8 Å². The second-order valence-electron chi connectivity index (χ2n) is 4.02. The normalized spacial score (nSPS) is 10.5. The molecule has 0 bridgehead atoms. The highest BCUT2D eigenvalue weighted by Crippen LogP contribution is 2.16. The van der Waals surface area contributed by atoms with E-state index >= 15 is 0 Å². The zero-order valence-corrected chi connectivity index (χ0v) is 11.3. The molecule has 0 aliphatic heterocycles. The molecule has 0 radical (unpaired) electrons. The van der Waals surface area contributed by atoms with Gasteiger partial charge in [-0.25, -0.2) is 9.97 Å². The number of carbonyl (C=O) groups excluding carboxylic acids is 1. The quantitative estimate of drug-likeness (QED) is 0.895. The van der Waals surface area contributed by atoms with Crippen molar-refractivity contribution in [2.45, 2.75) is 20.4 Å². The highest BCUT2D eigenvalue weighted by Gasteiger charge is 2.13. The molecule has 7 heteroatoms. The largest absolute Gasteiger partial charge is 0.444 e. The van der Waals surface area contributed by atoms with Gasteiger partial charge in [0, 0.05) is 6.20 Å². The van der Waals surface area contributed by atoms with Gasteiger partial charge >= 0.3 is 0 Å². The van der Waals surface area contributed by atoms with Gasteiger partial charge in [0.25, 0.3) is 5.91 Å². The van der Waals surface area contributed by atoms with E-state index in [1.807, 2.05) is 13.8 Å². The van der Waals surface area contributed by atoms with E-state index in [0.717, 1.165) is 11.5 Å². The van der Waals surface area contributed by atoms with Crippen LogP contribution in [0, 0.1) is 13.8 Å². The number of hydrogen-bond donors (Lipinski definition) is 2. The van der Waals surface area contributed by atoms with Crippen LogP contribution in [-0.4, -0.2) is 15.9 Å². The Kier molecular flexibility index (Phi) is 3.71. The van der Waals surface area contributed by atoms with E-state index < -0.39 is 0 Å². The molecule has 0 aliphatic carbocycles. The van der Waals surface area contributed by atoms with Crippen molar-refractivity contribution in [3.8, 4) is 0 Å². The van der Waals surface area contributed by atoms with Crippen molar-refractivity contribution in [1.82, 2.24) is 15.3 Å². The van der Waals surface area contributed by atoms with E-state index in [2.05, 4.69) is 15.3 Å². The van der Waals surface area contributed by atoms with Crippen LogP contribution in [0.3, 0.4) is 0 Å². The van der Waals surface area contributed by atoms with Gasteiger partial charge < -0.3 is 15.5 Å². The number of hydrogen-bond acceptors (Lipinski definition) is 5. The molecule has 2 rings (SSSR count). The first-order valence-electron chi connectivity index (χ1n) is 5.59. The number of carbonyl (C=O) groups is 1. The number of aromatic nitrogens is 2. The third-order valence-corrected chi connectivity index (χ3v) is 2.90. The number of aryl methyl sites for hydroxylation is 2. The molecule has 0 saturated carbocycles. The van der Waals surface area contributed by atoms with Crippen molar-refractivity contribution in [3.63, 3.8) is 0 Å². The number of amides is 1. The van der Waals surface area contributed by atoms with Crippen LogP contribution < -0.4 is 11.1 Å². The molecule has 0 spiro atoms. The molecule has 0 aromatic carbocycles. The molecule has 19 heavy (non-hydrogen) atoms. The lowest BCUT2D eigenvalue weighted by molar-refractivity contribution is 0.0947. The lowest BCUT2D eigenvalue weighted by Gasteiger charge is -2.05. The third kappa shape index (κ3) is 3.03. The molecule has 1 amide bonds. The maximum absolute atomic E-state index is 11.9. The summed E-state index contributed by atoms with van der Waals surface area (Å²) in [6.45, 7) is 3.84. The molecule has 0 atom stereocenters. The van der Waals surface area contributed by atoms with Crippen LogP contribution in [0.4, 0.5) is 5.82 Å². The predicted octanol–water partition coefficient (Wildman–Crippen LogP) is 1.85. The van der Waals surface area contributed by atoms with Gasteiger partial charge in [-0.05, 0) is 19.9 Å². The molecule has 2 aromatic heterocycles. The van der Waals surface area contributed by atoms with Crippen LogP contribution in [0.1, 0.15) is 27.7 Å². The topological polar surface area (TPSA) is 94.0 Å². The molecule has 2 heterocycles. The fourth-order valence-corrected chi connectivity index (χ4v) is 1.68. The monoisotopic (exact) mass is 280 g/mol. The molecule has 6 nitrogen and oxygen atoms in total. The fourth-order valence-electron chi connectivity index (χ4n) is 1.49. The van der Waals surface area contributed by atoms with Crippen LogP contribution >= 0.6 is 11.6 Å². The summed E-state index contributed by atoms with van der Waals surface area (Å²) < 4.78 is 5.36. The van der Waals surface area contributed by atoms with Gasteiger partial charge in [0.2, 0.25) is 5.89 Å². The highest BCUT2D eigenvalue weighted by molar-refractivity contribution is 6.33. The van der Waals surface area contributed by atoms with Crippen molar-refractivity contribution in [2.24, 2.45) is 0 Å². The minimum Gasteiger partial charge on any atom is -0.444 e. The molecule has 2 aromatic rings. The Morgan fingerprint density at radius 2 is 2.26 bits per heavy atom. The van der Waals surface area contributed by atoms with Gasteiger partial charge in [-0.3, -0.25) is 4.79 Å². The van der Waals surface area contributed by atoms with Crippen molar-refractivity contribution in [3.05, 3.63) is 40.2 Å². The van der Waals surface area contributed by atoms with Crippen LogP contribution in [0.25, 0.3) is 0 Å². The summed E-state index contributed by atoms with van der Waals surface area (Å²) >= 11 is 5.88. The van der Waals surface area contributed by atoms with Crippen molar-refractivity contribution in [1.29, 1.82) is 0 Å². The number of pyridine rings is 1. The lowest BCUT2D eigenvalue weighted by Crippen LogP contribution is -2.23.